The van der Waals surface area contributed by atoms with Gasteiger partial charge in [0.25, 0.3) is 0 Å². The van der Waals surface area contributed by atoms with Crippen LogP contribution in [-0.2, 0) is 4.74 Å². The van der Waals surface area contributed by atoms with E-state index in [-0.39, 0.29) is 0 Å². The Morgan fingerprint density at radius 2 is 2.23 bits per heavy atom. The van der Waals surface area contributed by atoms with Gasteiger partial charge in [0.2, 0.25) is 0 Å². The van der Waals surface area contributed by atoms with E-state index in [0.717, 1.165) is 37.3 Å². The van der Waals surface area contributed by atoms with E-state index in [1.165, 1.54) is 18.7 Å². The highest BCUT2D eigenvalue weighted by atomic mass is 16.5. The highest BCUT2D eigenvalue weighted by molar-refractivity contribution is 5.71. The smallest absolute Gasteiger partial charge is 0.161 e. The van der Waals surface area contributed by atoms with E-state index in [9.17, 15) is 0 Å². The number of aromatic nitrogens is 3. The summed E-state index contributed by atoms with van der Waals surface area (Å²) in [4.78, 5) is 12.1. The maximum atomic E-state index is 5.61. The summed E-state index contributed by atoms with van der Waals surface area (Å²) in [5.41, 5.74) is 2.04. The van der Waals surface area contributed by atoms with Crippen molar-refractivity contribution < 1.29 is 4.74 Å². The molecule has 0 aliphatic carbocycles. The van der Waals surface area contributed by atoms with Gasteiger partial charge in [0.1, 0.15) is 11.3 Å². The molecule has 5 heteroatoms. The fourth-order valence-electron chi connectivity index (χ4n) is 3.92. The molecule has 5 nitrogen and oxygen atoms in total. The lowest BCUT2D eigenvalue weighted by molar-refractivity contribution is 0.149. The number of fused-ring (bicyclic) bond motifs is 1. The number of likely N-dealkylation sites (tertiary alicyclic amines) is 1. The zero-order valence-electron chi connectivity index (χ0n) is 13.4. The van der Waals surface area contributed by atoms with Gasteiger partial charge < -0.3 is 4.74 Å². The Kier molecular flexibility index (Phi) is 3.62. The Labute approximate surface area is 131 Å². The number of nitrogens with zero attached hydrogens (tertiary/aromatic N) is 4. The number of rotatable bonds is 3. The highest BCUT2D eigenvalue weighted by Gasteiger charge is 2.34. The second-order valence-electron chi connectivity index (χ2n) is 6.70. The van der Waals surface area contributed by atoms with E-state index < -0.39 is 0 Å². The lowest BCUT2D eigenvalue weighted by atomic mass is 10.1. The molecule has 22 heavy (non-hydrogen) atoms. The van der Waals surface area contributed by atoms with Crippen molar-refractivity contribution in [2.24, 2.45) is 0 Å². The van der Waals surface area contributed by atoms with Crippen molar-refractivity contribution in [3.8, 4) is 0 Å². The zero-order valence-corrected chi connectivity index (χ0v) is 13.4. The number of ether oxygens (including phenoxy) is 1. The summed E-state index contributed by atoms with van der Waals surface area (Å²) in [6.07, 6.45) is 5.76. The number of imidazole rings is 1. The van der Waals surface area contributed by atoms with Gasteiger partial charge in [0, 0.05) is 31.3 Å². The van der Waals surface area contributed by atoms with Crippen LogP contribution in [0.3, 0.4) is 0 Å². The summed E-state index contributed by atoms with van der Waals surface area (Å²) < 4.78 is 8.02. The molecule has 0 amide bonds. The van der Waals surface area contributed by atoms with Crippen LogP contribution in [0.4, 0.5) is 0 Å². The Hall–Kier alpha value is -1.46. The number of hydrogen-bond acceptors (Lipinski definition) is 4. The van der Waals surface area contributed by atoms with Gasteiger partial charge in [-0.05, 0) is 45.2 Å². The molecule has 0 radical (unpaired) electrons. The maximum Gasteiger partial charge on any atom is 0.161 e. The molecule has 0 bridgehead atoms. The van der Waals surface area contributed by atoms with E-state index in [4.69, 9.17) is 9.72 Å². The van der Waals surface area contributed by atoms with Crippen LogP contribution in [0.2, 0.25) is 0 Å². The molecular weight excluding hydrogens is 276 g/mol. The maximum absolute atomic E-state index is 5.61. The van der Waals surface area contributed by atoms with Crippen LogP contribution in [0.5, 0.6) is 0 Å². The largest absolute Gasteiger partial charge is 0.381 e. The fourth-order valence-corrected chi connectivity index (χ4v) is 3.92. The average molecular weight is 300 g/mol. The Morgan fingerprint density at radius 1 is 1.32 bits per heavy atom. The lowest BCUT2D eigenvalue weighted by Gasteiger charge is -2.31. The standard InChI is InChI=1S/C17H24N4O/c1-12(2)20-9-4-6-15(20)21-16(13-7-10-22-11-13)19-14-5-3-8-18-17(14)21/h3,5,8,12-13,15H,4,6-7,9-11H2,1-2H3. The molecule has 2 fully saturated rings. The van der Waals surface area contributed by atoms with Crippen molar-refractivity contribution >= 4 is 11.2 Å². The molecule has 2 saturated heterocycles. The van der Waals surface area contributed by atoms with Gasteiger partial charge in [-0.15, -0.1) is 0 Å². The van der Waals surface area contributed by atoms with E-state index >= 15 is 0 Å². The summed E-state index contributed by atoms with van der Waals surface area (Å²) in [6.45, 7) is 7.36. The summed E-state index contributed by atoms with van der Waals surface area (Å²) in [7, 11) is 0. The third-order valence-corrected chi connectivity index (χ3v) is 4.99. The van der Waals surface area contributed by atoms with Crippen molar-refractivity contribution in [3.63, 3.8) is 0 Å². The number of hydrogen-bond donors (Lipinski definition) is 0. The van der Waals surface area contributed by atoms with Crippen LogP contribution in [0.1, 0.15) is 51.0 Å². The van der Waals surface area contributed by atoms with Crippen molar-refractivity contribution in [1.29, 1.82) is 0 Å². The lowest BCUT2D eigenvalue weighted by Crippen LogP contribution is -2.34. The third-order valence-electron chi connectivity index (χ3n) is 4.99. The fraction of sp³-hybridized carbons (Fsp3) is 0.647. The van der Waals surface area contributed by atoms with Crippen LogP contribution in [0.25, 0.3) is 11.2 Å². The van der Waals surface area contributed by atoms with Crippen molar-refractivity contribution in [1.82, 2.24) is 19.4 Å². The van der Waals surface area contributed by atoms with E-state index in [1.807, 2.05) is 12.3 Å². The normalized spacial score (nSPS) is 26.5. The second-order valence-corrected chi connectivity index (χ2v) is 6.70. The molecule has 2 aromatic rings. The number of pyridine rings is 1. The third kappa shape index (κ3) is 2.23. The molecule has 2 aliphatic heterocycles. The van der Waals surface area contributed by atoms with Crippen LogP contribution in [0, 0.1) is 0 Å². The first-order chi connectivity index (χ1) is 10.8. The van der Waals surface area contributed by atoms with Crippen molar-refractivity contribution in [2.75, 3.05) is 19.8 Å². The minimum Gasteiger partial charge on any atom is -0.381 e. The van der Waals surface area contributed by atoms with Gasteiger partial charge in [-0.2, -0.15) is 0 Å². The molecule has 2 unspecified atom stereocenters. The minimum absolute atomic E-state index is 0.385. The van der Waals surface area contributed by atoms with Crippen LogP contribution < -0.4 is 0 Å². The molecule has 0 N–H and O–H groups in total. The van der Waals surface area contributed by atoms with Crippen molar-refractivity contribution in [2.45, 2.75) is 51.2 Å². The van der Waals surface area contributed by atoms with Crippen molar-refractivity contribution in [3.05, 3.63) is 24.2 Å². The van der Waals surface area contributed by atoms with Crippen LogP contribution >= 0.6 is 0 Å². The molecule has 4 rings (SSSR count). The summed E-state index contributed by atoms with van der Waals surface area (Å²) in [6, 6.07) is 4.59. The minimum atomic E-state index is 0.385. The molecule has 2 aromatic heterocycles. The summed E-state index contributed by atoms with van der Waals surface area (Å²) >= 11 is 0. The molecule has 2 aliphatic rings. The van der Waals surface area contributed by atoms with Gasteiger partial charge in [0.05, 0.1) is 12.8 Å². The SMILES string of the molecule is CC(C)N1CCCC1n1c(C2CCOC2)nc2cccnc21. The topological polar surface area (TPSA) is 43.2 Å². The molecule has 0 spiro atoms. The average Bonchev–Trinajstić information content (AvgIpc) is 3.24. The summed E-state index contributed by atoms with van der Waals surface area (Å²) in [5, 5.41) is 0. The van der Waals surface area contributed by atoms with E-state index in [2.05, 4.69) is 34.4 Å². The quantitative estimate of drug-likeness (QED) is 0.874. The van der Waals surface area contributed by atoms with Gasteiger partial charge in [0.15, 0.2) is 5.65 Å². The second kappa shape index (κ2) is 5.63. The van der Waals surface area contributed by atoms with E-state index in [1.54, 1.807) is 0 Å². The molecule has 2 atom stereocenters. The molecule has 4 heterocycles. The summed E-state index contributed by atoms with van der Waals surface area (Å²) in [5.74, 6) is 1.58. The molecule has 118 valence electrons. The van der Waals surface area contributed by atoms with Gasteiger partial charge in [-0.25, -0.2) is 9.97 Å². The highest BCUT2D eigenvalue weighted by Crippen LogP contribution is 2.36. The molecular formula is C17H24N4O. The molecule has 0 saturated carbocycles. The monoisotopic (exact) mass is 300 g/mol. The van der Waals surface area contributed by atoms with Gasteiger partial charge >= 0.3 is 0 Å². The zero-order chi connectivity index (χ0) is 15.1. The van der Waals surface area contributed by atoms with Gasteiger partial charge in [-0.3, -0.25) is 9.47 Å². The van der Waals surface area contributed by atoms with Crippen LogP contribution in [0.15, 0.2) is 18.3 Å². The molecule has 0 aromatic carbocycles. The predicted octanol–water partition coefficient (Wildman–Crippen LogP) is 2.94. The van der Waals surface area contributed by atoms with Gasteiger partial charge in [-0.1, -0.05) is 0 Å². The van der Waals surface area contributed by atoms with Crippen LogP contribution in [-0.4, -0.2) is 45.2 Å². The Morgan fingerprint density at radius 3 is 3.00 bits per heavy atom. The van der Waals surface area contributed by atoms with E-state index in [0.29, 0.717) is 18.1 Å². The first kappa shape index (κ1) is 14.2. The Balaban J connectivity index is 1.85. The Bertz CT molecular complexity index is 660. The predicted molar refractivity (Wildman–Crippen MR) is 85.8 cm³/mol. The first-order valence-corrected chi connectivity index (χ1v) is 8.42. The first-order valence-electron chi connectivity index (χ1n) is 8.42.